The van der Waals surface area contributed by atoms with Gasteiger partial charge in [0.05, 0.1) is 29.6 Å². The monoisotopic (exact) mass is 337 g/mol. The van der Waals surface area contributed by atoms with Gasteiger partial charge in [0.2, 0.25) is 0 Å². The number of nitrogens with zero attached hydrogens (tertiary/aromatic N) is 3. The quantitative estimate of drug-likeness (QED) is 0.793. The molecule has 3 N–H and O–H groups in total. The lowest BCUT2D eigenvalue weighted by atomic mass is 9.83. The van der Waals surface area contributed by atoms with Gasteiger partial charge < -0.3 is 20.6 Å². The number of ether oxygens (including phenoxy) is 1. The smallest absolute Gasteiger partial charge is 0.260 e. The van der Waals surface area contributed by atoms with E-state index in [1.165, 1.54) is 0 Å². The van der Waals surface area contributed by atoms with E-state index in [1.807, 2.05) is 49.7 Å². The summed E-state index contributed by atoms with van der Waals surface area (Å²) < 4.78 is 7.24. The minimum atomic E-state index is -0.0983. The molecular weight excluding hydrogens is 318 g/mol. The molecule has 0 aromatic carbocycles. The first-order valence-electron chi connectivity index (χ1n) is 8.18. The van der Waals surface area contributed by atoms with Crippen molar-refractivity contribution in [3.05, 3.63) is 48.3 Å². The lowest BCUT2D eigenvalue weighted by Gasteiger charge is -2.26. The van der Waals surface area contributed by atoms with Crippen LogP contribution in [0.4, 0.5) is 5.69 Å². The van der Waals surface area contributed by atoms with Crippen molar-refractivity contribution in [1.29, 1.82) is 5.41 Å². The first-order valence-corrected chi connectivity index (χ1v) is 8.18. The van der Waals surface area contributed by atoms with E-state index in [-0.39, 0.29) is 25.2 Å². The average molecular weight is 337 g/mol. The first kappa shape index (κ1) is 15.6. The van der Waals surface area contributed by atoms with Crippen LogP contribution in [-0.4, -0.2) is 45.4 Å². The number of nitrogens with one attached hydrogen (secondary N) is 2. The van der Waals surface area contributed by atoms with Crippen LogP contribution < -0.4 is 10.1 Å². The number of aliphatic hydroxyl groups excluding tert-OH is 1. The molecule has 0 saturated carbocycles. The number of aromatic nitrogens is 2. The highest BCUT2D eigenvalue weighted by atomic mass is 16.5. The van der Waals surface area contributed by atoms with Crippen molar-refractivity contribution in [2.45, 2.75) is 13.0 Å². The second kappa shape index (κ2) is 6.18. The lowest BCUT2D eigenvalue weighted by molar-refractivity contribution is 0.197. The molecule has 2 aromatic heterocycles. The largest absolute Gasteiger partial charge is 0.473 e. The standard InChI is InChI=1S/C18H19N5O2/c1-11-10-13(15(19)12-5-6-20-16(11)12)21-17-14-4-2-3-7-23(14)22-18(17)25-9-8-24/h2-7,10,12,16,19-20,24H,8-9H2,1H3/b19-15?,21-13+. The molecule has 1 aliphatic carbocycles. The zero-order valence-electron chi connectivity index (χ0n) is 13.8. The third kappa shape index (κ3) is 2.62. The molecule has 0 saturated heterocycles. The van der Waals surface area contributed by atoms with Gasteiger partial charge in [-0.2, -0.15) is 0 Å². The second-order valence-corrected chi connectivity index (χ2v) is 6.08. The maximum atomic E-state index is 9.04. The molecule has 0 spiro atoms. The summed E-state index contributed by atoms with van der Waals surface area (Å²) in [7, 11) is 0. The Morgan fingerprint density at radius 3 is 3.16 bits per heavy atom. The van der Waals surface area contributed by atoms with Crippen LogP contribution in [0.1, 0.15) is 6.92 Å². The Kier molecular flexibility index (Phi) is 3.85. The molecule has 0 amide bonds. The summed E-state index contributed by atoms with van der Waals surface area (Å²) in [4.78, 5) is 4.72. The van der Waals surface area contributed by atoms with Crippen molar-refractivity contribution in [2.75, 3.05) is 13.2 Å². The fourth-order valence-corrected chi connectivity index (χ4v) is 3.23. The van der Waals surface area contributed by atoms with Crippen molar-refractivity contribution in [3.63, 3.8) is 0 Å². The SMILES string of the molecule is CC1=C/C(=N\c2c(OCCO)nn3ccccc23)C(=N)C2C=CNC12. The Morgan fingerprint density at radius 1 is 1.44 bits per heavy atom. The van der Waals surface area contributed by atoms with Gasteiger partial charge in [0.1, 0.15) is 6.61 Å². The van der Waals surface area contributed by atoms with Crippen molar-refractivity contribution in [2.24, 2.45) is 10.9 Å². The Hall–Kier alpha value is -2.93. The molecule has 3 heterocycles. The minimum absolute atomic E-state index is 0.00704. The van der Waals surface area contributed by atoms with E-state index in [2.05, 4.69) is 10.4 Å². The van der Waals surface area contributed by atoms with Gasteiger partial charge in [-0.25, -0.2) is 9.51 Å². The summed E-state index contributed by atoms with van der Waals surface area (Å²) >= 11 is 0. The van der Waals surface area contributed by atoms with Crippen LogP contribution >= 0.6 is 0 Å². The highest BCUT2D eigenvalue weighted by Gasteiger charge is 2.33. The number of fused-ring (bicyclic) bond motifs is 2. The third-order valence-corrected chi connectivity index (χ3v) is 4.45. The average Bonchev–Trinajstić information content (AvgIpc) is 3.23. The van der Waals surface area contributed by atoms with Gasteiger partial charge in [-0.1, -0.05) is 12.1 Å². The molecule has 4 rings (SSSR count). The van der Waals surface area contributed by atoms with E-state index in [0.29, 0.717) is 23.0 Å². The van der Waals surface area contributed by atoms with Crippen LogP contribution in [-0.2, 0) is 0 Å². The van der Waals surface area contributed by atoms with Crippen molar-refractivity contribution in [3.8, 4) is 5.88 Å². The zero-order valence-corrected chi connectivity index (χ0v) is 13.8. The minimum Gasteiger partial charge on any atom is -0.473 e. The van der Waals surface area contributed by atoms with Gasteiger partial charge in [0.25, 0.3) is 5.88 Å². The van der Waals surface area contributed by atoms with E-state index < -0.39 is 0 Å². The van der Waals surface area contributed by atoms with E-state index in [9.17, 15) is 0 Å². The number of allylic oxidation sites excluding steroid dienone is 1. The van der Waals surface area contributed by atoms with Gasteiger partial charge in [0.15, 0.2) is 5.69 Å². The summed E-state index contributed by atoms with van der Waals surface area (Å²) in [6, 6.07) is 5.82. The molecule has 2 aromatic rings. The number of hydrogen-bond acceptors (Lipinski definition) is 6. The van der Waals surface area contributed by atoms with Gasteiger partial charge in [-0.15, -0.1) is 5.10 Å². The molecule has 7 nitrogen and oxygen atoms in total. The zero-order chi connectivity index (χ0) is 17.4. The summed E-state index contributed by atoms with van der Waals surface area (Å²) in [6.45, 7) is 2.09. The molecule has 25 heavy (non-hydrogen) atoms. The van der Waals surface area contributed by atoms with Gasteiger partial charge in [-0.05, 0) is 36.9 Å². The third-order valence-electron chi connectivity index (χ3n) is 4.45. The summed E-state index contributed by atoms with van der Waals surface area (Å²) in [5.41, 5.74) is 3.59. The van der Waals surface area contributed by atoms with Crippen molar-refractivity contribution < 1.29 is 9.84 Å². The fourth-order valence-electron chi connectivity index (χ4n) is 3.23. The first-order chi connectivity index (χ1) is 12.2. The van der Waals surface area contributed by atoms with Crippen LogP contribution in [0.25, 0.3) is 5.52 Å². The summed E-state index contributed by atoms with van der Waals surface area (Å²) in [6.07, 6.45) is 7.65. The Labute approximate surface area is 144 Å². The van der Waals surface area contributed by atoms with E-state index in [1.54, 1.807) is 4.52 Å². The van der Waals surface area contributed by atoms with Crippen LogP contribution in [0, 0.1) is 11.3 Å². The number of pyridine rings is 1. The van der Waals surface area contributed by atoms with Crippen LogP contribution in [0.3, 0.4) is 0 Å². The fraction of sp³-hybridized carbons (Fsp3) is 0.278. The van der Waals surface area contributed by atoms with Gasteiger partial charge in [-0.3, -0.25) is 0 Å². The molecule has 0 bridgehead atoms. The predicted molar refractivity (Wildman–Crippen MR) is 95.9 cm³/mol. The van der Waals surface area contributed by atoms with Crippen molar-refractivity contribution >= 4 is 22.6 Å². The van der Waals surface area contributed by atoms with E-state index in [0.717, 1.165) is 11.1 Å². The molecule has 0 radical (unpaired) electrons. The van der Waals surface area contributed by atoms with Crippen LogP contribution in [0.2, 0.25) is 0 Å². The molecule has 1 aliphatic heterocycles. The molecule has 2 atom stereocenters. The Balaban J connectivity index is 1.82. The van der Waals surface area contributed by atoms with Crippen LogP contribution in [0.15, 0.2) is 53.3 Å². The number of aliphatic hydroxyl groups is 1. The lowest BCUT2D eigenvalue weighted by Crippen LogP contribution is -2.39. The van der Waals surface area contributed by atoms with Crippen molar-refractivity contribution in [1.82, 2.24) is 14.9 Å². The molecule has 128 valence electrons. The number of hydrogen-bond donors (Lipinski definition) is 3. The molecule has 2 unspecified atom stereocenters. The van der Waals surface area contributed by atoms with Gasteiger partial charge in [0, 0.05) is 12.1 Å². The predicted octanol–water partition coefficient (Wildman–Crippen LogP) is 1.86. The summed E-state index contributed by atoms with van der Waals surface area (Å²) in [5, 5.41) is 25.2. The maximum absolute atomic E-state index is 9.04. The van der Waals surface area contributed by atoms with E-state index in [4.69, 9.17) is 20.2 Å². The number of rotatable bonds is 4. The highest BCUT2D eigenvalue weighted by Crippen LogP contribution is 2.34. The van der Waals surface area contributed by atoms with E-state index >= 15 is 0 Å². The summed E-state index contributed by atoms with van der Waals surface area (Å²) in [5.74, 6) is 0.348. The number of aliphatic imine (C=N–C) groups is 1. The molecular formula is C18H19N5O2. The normalized spacial score (nSPS) is 23.7. The van der Waals surface area contributed by atoms with Crippen LogP contribution in [0.5, 0.6) is 5.88 Å². The van der Waals surface area contributed by atoms with Gasteiger partial charge >= 0.3 is 0 Å². The molecule has 2 aliphatic rings. The molecule has 0 fully saturated rings. The Bertz CT molecular complexity index is 925. The molecule has 7 heteroatoms. The second-order valence-electron chi connectivity index (χ2n) is 6.08. The highest BCUT2D eigenvalue weighted by molar-refractivity contribution is 6.48. The Morgan fingerprint density at radius 2 is 2.32 bits per heavy atom. The topological polar surface area (TPSA) is 95.0 Å². The maximum Gasteiger partial charge on any atom is 0.260 e.